The maximum absolute atomic E-state index is 10.2. The summed E-state index contributed by atoms with van der Waals surface area (Å²) in [5.41, 5.74) is -0.328. The molecule has 0 saturated heterocycles. The van der Waals surface area contributed by atoms with Crippen LogP contribution in [0, 0.1) is 0 Å². The van der Waals surface area contributed by atoms with Gasteiger partial charge in [0.05, 0.1) is 0 Å². The molecule has 0 aromatic heterocycles. The Bertz CT molecular complexity index is 96.4. The Morgan fingerprint density at radius 3 is 1.60 bits per heavy atom. The topological polar surface area (TPSA) is 78.3 Å². The normalized spacial score (nSPS) is 9.40. The van der Waals surface area contributed by atoms with Gasteiger partial charge in [0.1, 0.15) is 5.60 Å². The average molecular weight is 148 g/mol. The smallest absolute Gasteiger partial charge is 0.303 e. The molecular formula is C6H16N2O2. The number of hydrogen-bond acceptors (Lipinski definition) is 4. The van der Waals surface area contributed by atoms with Crippen LogP contribution in [0.3, 0.4) is 0 Å². The van der Waals surface area contributed by atoms with E-state index in [1.165, 1.54) is 6.92 Å². The summed E-state index contributed by atoms with van der Waals surface area (Å²) in [5.74, 6) is 7.78. The average Bonchev–Trinajstić information content (AvgIpc) is 1.64. The molecule has 0 fully saturated rings. The van der Waals surface area contributed by atoms with Crippen molar-refractivity contribution in [2.45, 2.75) is 33.3 Å². The highest BCUT2D eigenvalue weighted by Gasteiger charge is 2.11. The van der Waals surface area contributed by atoms with E-state index in [-0.39, 0.29) is 11.6 Å². The van der Waals surface area contributed by atoms with Crippen molar-refractivity contribution in [1.82, 2.24) is 0 Å². The third kappa shape index (κ3) is 15.7. The minimum atomic E-state index is -0.328. The molecule has 0 saturated carbocycles. The number of rotatable bonds is 0. The Morgan fingerprint density at radius 2 is 1.60 bits per heavy atom. The van der Waals surface area contributed by atoms with E-state index in [4.69, 9.17) is 4.74 Å². The lowest BCUT2D eigenvalue weighted by atomic mass is 10.2. The van der Waals surface area contributed by atoms with E-state index < -0.39 is 0 Å². The molecule has 4 nitrogen and oxygen atoms in total. The summed E-state index contributed by atoms with van der Waals surface area (Å²) in [6, 6.07) is 0. The number of carbonyl (C=O) groups is 1. The molecule has 0 unspecified atom stereocenters. The second-order valence-corrected chi connectivity index (χ2v) is 2.71. The largest absolute Gasteiger partial charge is 0.460 e. The van der Waals surface area contributed by atoms with E-state index >= 15 is 0 Å². The molecule has 0 aliphatic rings. The van der Waals surface area contributed by atoms with Crippen molar-refractivity contribution in [2.75, 3.05) is 0 Å². The van der Waals surface area contributed by atoms with E-state index in [0.29, 0.717) is 0 Å². The van der Waals surface area contributed by atoms with Crippen molar-refractivity contribution >= 4 is 5.97 Å². The molecule has 0 aromatic carbocycles. The van der Waals surface area contributed by atoms with Crippen LogP contribution in [0.5, 0.6) is 0 Å². The second-order valence-electron chi connectivity index (χ2n) is 2.71. The predicted octanol–water partition coefficient (Wildman–Crippen LogP) is 0.167. The van der Waals surface area contributed by atoms with Crippen molar-refractivity contribution < 1.29 is 9.53 Å². The van der Waals surface area contributed by atoms with Crippen LogP contribution in [0.1, 0.15) is 27.7 Å². The van der Waals surface area contributed by atoms with Crippen LogP contribution in [0.25, 0.3) is 0 Å². The van der Waals surface area contributed by atoms with Crippen molar-refractivity contribution in [3.05, 3.63) is 0 Å². The quantitative estimate of drug-likeness (QED) is 0.291. The van der Waals surface area contributed by atoms with E-state index in [1.54, 1.807) is 0 Å². The molecule has 0 amide bonds. The van der Waals surface area contributed by atoms with Crippen LogP contribution in [0.15, 0.2) is 0 Å². The SMILES string of the molecule is CC(=O)OC(C)(C)C.NN. The Hall–Kier alpha value is -0.610. The van der Waals surface area contributed by atoms with Gasteiger partial charge in [-0.3, -0.25) is 16.5 Å². The first kappa shape index (κ1) is 12.1. The fraction of sp³-hybridized carbons (Fsp3) is 0.833. The fourth-order valence-electron chi connectivity index (χ4n) is 0.431. The van der Waals surface area contributed by atoms with Crippen molar-refractivity contribution in [1.29, 1.82) is 0 Å². The fourth-order valence-corrected chi connectivity index (χ4v) is 0.431. The molecule has 4 heteroatoms. The van der Waals surface area contributed by atoms with E-state index in [1.807, 2.05) is 20.8 Å². The first-order chi connectivity index (χ1) is 4.42. The van der Waals surface area contributed by atoms with Crippen LogP contribution >= 0.6 is 0 Å². The number of carbonyl (C=O) groups excluding carboxylic acids is 1. The number of ether oxygens (including phenoxy) is 1. The van der Waals surface area contributed by atoms with Gasteiger partial charge in [-0.15, -0.1) is 0 Å². The van der Waals surface area contributed by atoms with Crippen LogP contribution in [0.4, 0.5) is 0 Å². The van der Waals surface area contributed by atoms with E-state index in [2.05, 4.69) is 11.7 Å². The molecular weight excluding hydrogens is 132 g/mol. The highest BCUT2D eigenvalue weighted by molar-refractivity contribution is 5.66. The third-order valence-electron chi connectivity index (χ3n) is 0.450. The lowest BCUT2D eigenvalue weighted by Gasteiger charge is -2.17. The first-order valence-corrected chi connectivity index (χ1v) is 2.95. The van der Waals surface area contributed by atoms with E-state index in [9.17, 15) is 4.79 Å². The molecule has 4 N–H and O–H groups in total. The number of hydrazine groups is 1. The van der Waals surface area contributed by atoms with Gasteiger partial charge in [0.15, 0.2) is 0 Å². The summed E-state index contributed by atoms with van der Waals surface area (Å²) in [5, 5.41) is 0. The van der Waals surface area contributed by atoms with Gasteiger partial charge in [0, 0.05) is 6.92 Å². The molecule has 62 valence electrons. The van der Waals surface area contributed by atoms with Crippen molar-refractivity contribution in [3.63, 3.8) is 0 Å². The maximum atomic E-state index is 10.2. The zero-order valence-electron chi connectivity index (χ0n) is 6.97. The van der Waals surface area contributed by atoms with E-state index in [0.717, 1.165) is 0 Å². The summed E-state index contributed by atoms with van der Waals surface area (Å²) in [7, 11) is 0. The van der Waals surface area contributed by atoms with Gasteiger partial charge in [-0.2, -0.15) is 0 Å². The molecule has 0 bridgehead atoms. The zero-order valence-corrected chi connectivity index (χ0v) is 6.97. The summed E-state index contributed by atoms with van der Waals surface area (Å²) in [4.78, 5) is 10.2. The summed E-state index contributed by atoms with van der Waals surface area (Å²) >= 11 is 0. The Balaban J connectivity index is 0. The lowest BCUT2D eigenvalue weighted by Crippen LogP contribution is -2.21. The van der Waals surface area contributed by atoms with Crippen molar-refractivity contribution in [3.8, 4) is 0 Å². The standard InChI is InChI=1S/C6H12O2.H4N2/c1-5(7)8-6(2,3)4;1-2/h1-4H3;1-2H2. The second kappa shape index (κ2) is 5.20. The summed E-state index contributed by atoms with van der Waals surface area (Å²) < 4.78 is 4.80. The molecule has 0 atom stereocenters. The van der Waals surface area contributed by atoms with Gasteiger partial charge in [-0.05, 0) is 20.8 Å². The molecule has 0 heterocycles. The zero-order chi connectivity index (χ0) is 8.78. The van der Waals surface area contributed by atoms with Crippen LogP contribution < -0.4 is 11.7 Å². The van der Waals surface area contributed by atoms with Gasteiger partial charge in [-0.25, -0.2) is 0 Å². The molecule has 0 spiro atoms. The third-order valence-corrected chi connectivity index (χ3v) is 0.450. The number of nitrogens with two attached hydrogens (primary N) is 2. The Morgan fingerprint density at radius 1 is 1.30 bits per heavy atom. The highest BCUT2D eigenvalue weighted by Crippen LogP contribution is 2.05. The van der Waals surface area contributed by atoms with Gasteiger partial charge < -0.3 is 4.74 Å². The Kier molecular flexibility index (Phi) is 6.29. The van der Waals surface area contributed by atoms with Gasteiger partial charge in [0.25, 0.3) is 0 Å². The maximum Gasteiger partial charge on any atom is 0.303 e. The minimum absolute atomic E-state index is 0.225. The lowest BCUT2D eigenvalue weighted by molar-refractivity contribution is -0.151. The molecule has 0 rings (SSSR count). The summed E-state index contributed by atoms with van der Waals surface area (Å²) in [6.45, 7) is 6.93. The molecule has 0 aromatic rings. The van der Waals surface area contributed by atoms with Crippen LogP contribution in [-0.2, 0) is 9.53 Å². The van der Waals surface area contributed by atoms with Crippen molar-refractivity contribution in [2.24, 2.45) is 11.7 Å². The van der Waals surface area contributed by atoms with Crippen LogP contribution in [0.2, 0.25) is 0 Å². The highest BCUT2D eigenvalue weighted by atomic mass is 16.6. The van der Waals surface area contributed by atoms with Crippen LogP contribution in [-0.4, -0.2) is 11.6 Å². The number of esters is 1. The monoisotopic (exact) mass is 148 g/mol. The Labute approximate surface area is 61.5 Å². The molecule has 0 radical (unpaired) electrons. The van der Waals surface area contributed by atoms with Gasteiger partial charge >= 0.3 is 5.97 Å². The van der Waals surface area contributed by atoms with Gasteiger partial charge in [0.2, 0.25) is 0 Å². The molecule has 10 heavy (non-hydrogen) atoms. The minimum Gasteiger partial charge on any atom is -0.460 e. The summed E-state index contributed by atoms with van der Waals surface area (Å²) in [6.07, 6.45) is 0. The predicted molar refractivity (Wildman–Crippen MR) is 39.9 cm³/mol. The first-order valence-electron chi connectivity index (χ1n) is 2.95. The molecule has 0 aliphatic heterocycles. The number of hydrogen-bond donors (Lipinski definition) is 2. The molecule has 0 aliphatic carbocycles. The van der Waals surface area contributed by atoms with Gasteiger partial charge in [-0.1, -0.05) is 0 Å².